The molecular formula is C16H17BrN2O. The van der Waals surface area contributed by atoms with E-state index >= 15 is 0 Å². The molecule has 0 heterocycles. The number of hydrogen-bond acceptors (Lipinski definition) is 2. The molecule has 0 radical (unpaired) electrons. The van der Waals surface area contributed by atoms with Crippen molar-refractivity contribution in [1.82, 2.24) is 4.90 Å². The summed E-state index contributed by atoms with van der Waals surface area (Å²) in [5.74, 6) is -0.0226. The van der Waals surface area contributed by atoms with Crippen molar-refractivity contribution in [3.63, 3.8) is 0 Å². The molecule has 104 valence electrons. The second-order valence-corrected chi connectivity index (χ2v) is 5.68. The van der Waals surface area contributed by atoms with Gasteiger partial charge < -0.3 is 10.6 Å². The van der Waals surface area contributed by atoms with Crippen LogP contribution in [0.3, 0.4) is 0 Å². The third-order valence-corrected chi connectivity index (χ3v) is 3.98. The van der Waals surface area contributed by atoms with Gasteiger partial charge in [-0.15, -0.1) is 0 Å². The summed E-state index contributed by atoms with van der Waals surface area (Å²) in [6.45, 7) is 2.47. The van der Waals surface area contributed by atoms with Crippen LogP contribution in [0.2, 0.25) is 0 Å². The Kier molecular flexibility index (Phi) is 4.45. The second-order valence-electron chi connectivity index (χ2n) is 4.83. The predicted octanol–water partition coefficient (Wildman–Crippen LogP) is 3.61. The topological polar surface area (TPSA) is 46.3 Å². The molecular weight excluding hydrogens is 316 g/mol. The lowest BCUT2D eigenvalue weighted by Gasteiger charge is -2.19. The SMILES string of the molecule is Cc1ccc(N)cc1C(=O)N(C)Cc1ccccc1Br. The lowest BCUT2D eigenvalue weighted by atomic mass is 10.1. The zero-order valence-electron chi connectivity index (χ0n) is 11.6. The molecule has 0 aliphatic rings. The first-order valence-electron chi connectivity index (χ1n) is 6.34. The number of halogens is 1. The normalized spacial score (nSPS) is 10.3. The first-order valence-corrected chi connectivity index (χ1v) is 7.13. The molecule has 0 aliphatic carbocycles. The number of nitrogens with zero attached hydrogens (tertiary/aromatic N) is 1. The van der Waals surface area contributed by atoms with Crippen LogP contribution in [0.25, 0.3) is 0 Å². The minimum Gasteiger partial charge on any atom is -0.399 e. The third kappa shape index (κ3) is 3.20. The van der Waals surface area contributed by atoms with Crippen molar-refractivity contribution in [1.29, 1.82) is 0 Å². The van der Waals surface area contributed by atoms with Crippen LogP contribution < -0.4 is 5.73 Å². The van der Waals surface area contributed by atoms with Crippen LogP contribution in [0.5, 0.6) is 0 Å². The Morgan fingerprint density at radius 3 is 2.65 bits per heavy atom. The fraction of sp³-hybridized carbons (Fsp3) is 0.188. The van der Waals surface area contributed by atoms with E-state index in [1.54, 1.807) is 24.1 Å². The van der Waals surface area contributed by atoms with Gasteiger partial charge in [-0.1, -0.05) is 40.2 Å². The van der Waals surface area contributed by atoms with Gasteiger partial charge in [-0.3, -0.25) is 4.79 Å². The molecule has 0 aromatic heterocycles. The summed E-state index contributed by atoms with van der Waals surface area (Å²) in [4.78, 5) is 14.2. The molecule has 0 bridgehead atoms. The second kappa shape index (κ2) is 6.09. The van der Waals surface area contributed by atoms with Gasteiger partial charge in [0, 0.05) is 29.3 Å². The molecule has 2 aromatic carbocycles. The minimum absolute atomic E-state index is 0.0226. The maximum atomic E-state index is 12.5. The molecule has 3 nitrogen and oxygen atoms in total. The number of rotatable bonds is 3. The first-order chi connectivity index (χ1) is 9.49. The number of amides is 1. The number of nitrogens with two attached hydrogens (primary N) is 1. The van der Waals surface area contributed by atoms with Gasteiger partial charge >= 0.3 is 0 Å². The highest BCUT2D eigenvalue weighted by molar-refractivity contribution is 9.10. The van der Waals surface area contributed by atoms with Gasteiger partial charge in [-0.05, 0) is 36.2 Å². The molecule has 2 aromatic rings. The maximum Gasteiger partial charge on any atom is 0.254 e. The van der Waals surface area contributed by atoms with Crippen LogP contribution in [-0.2, 0) is 6.54 Å². The van der Waals surface area contributed by atoms with E-state index in [0.29, 0.717) is 17.8 Å². The fourth-order valence-electron chi connectivity index (χ4n) is 2.03. The van der Waals surface area contributed by atoms with Crippen LogP contribution in [0.15, 0.2) is 46.9 Å². The molecule has 0 unspecified atom stereocenters. The first kappa shape index (κ1) is 14.6. The van der Waals surface area contributed by atoms with Gasteiger partial charge in [-0.2, -0.15) is 0 Å². The highest BCUT2D eigenvalue weighted by Gasteiger charge is 2.15. The Bertz CT molecular complexity index is 640. The van der Waals surface area contributed by atoms with Crippen molar-refractivity contribution in [2.45, 2.75) is 13.5 Å². The quantitative estimate of drug-likeness (QED) is 0.872. The lowest BCUT2D eigenvalue weighted by molar-refractivity contribution is 0.0784. The van der Waals surface area contributed by atoms with Crippen LogP contribution in [-0.4, -0.2) is 17.9 Å². The van der Waals surface area contributed by atoms with Crippen LogP contribution in [0.1, 0.15) is 21.5 Å². The fourth-order valence-corrected chi connectivity index (χ4v) is 2.44. The molecule has 20 heavy (non-hydrogen) atoms. The van der Waals surface area contributed by atoms with Gasteiger partial charge in [0.2, 0.25) is 0 Å². The van der Waals surface area contributed by atoms with Crippen molar-refractivity contribution in [3.8, 4) is 0 Å². The molecule has 0 saturated carbocycles. The molecule has 0 saturated heterocycles. The van der Waals surface area contributed by atoms with E-state index in [1.165, 1.54) is 0 Å². The van der Waals surface area contributed by atoms with Crippen LogP contribution in [0, 0.1) is 6.92 Å². The van der Waals surface area contributed by atoms with Gasteiger partial charge in [-0.25, -0.2) is 0 Å². The molecule has 4 heteroatoms. The van der Waals surface area contributed by atoms with E-state index in [0.717, 1.165) is 15.6 Å². The van der Waals surface area contributed by atoms with Crippen molar-refractivity contribution in [2.24, 2.45) is 0 Å². The van der Waals surface area contributed by atoms with E-state index in [1.807, 2.05) is 37.3 Å². The highest BCUT2D eigenvalue weighted by atomic mass is 79.9. The van der Waals surface area contributed by atoms with Crippen molar-refractivity contribution >= 4 is 27.5 Å². The van der Waals surface area contributed by atoms with Gasteiger partial charge in [0.15, 0.2) is 0 Å². The largest absolute Gasteiger partial charge is 0.399 e. The number of anilines is 1. The monoisotopic (exact) mass is 332 g/mol. The summed E-state index contributed by atoms with van der Waals surface area (Å²) in [5.41, 5.74) is 9.03. The third-order valence-electron chi connectivity index (χ3n) is 3.20. The Balaban J connectivity index is 2.21. The highest BCUT2D eigenvalue weighted by Crippen LogP contribution is 2.20. The smallest absolute Gasteiger partial charge is 0.254 e. The van der Waals surface area contributed by atoms with Gasteiger partial charge in [0.05, 0.1) is 0 Å². The Morgan fingerprint density at radius 2 is 1.95 bits per heavy atom. The molecule has 0 spiro atoms. The zero-order valence-corrected chi connectivity index (χ0v) is 13.1. The average Bonchev–Trinajstić information content (AvgIpc) is 2.43. The van der Waals surface area contributed by atoms with E-state index in [9.17, 15) is 4.79 Å². The standard InChI is InChI=1S/C16H17BrN2O/c1-11-7-8-13(18)9-14(11)16(20)19(2)10-12-5-3-4-6-15(12)17/h3-9H,10,18H2,1-2H3. The van der Waals surface area contributed by atoms with E-state index in [4.69, 9.17) is 5.73 Å². The predicted molar refractivity (Wildman–Crippen MR) is 85.5 cm³/mol. The van der Waals surface area contributed by atoms with E-state index in [-0.39, 0.29) is 5.91 Å². The van der Waals surface area contributed by atoms with E-state index in [2.05, 4.69) is 15.9 Å². The summed E-state index contributed by atoms with van der Waals surface area (Å²) in [7, 11) is 1.80. The average molecular weight is 333 g/mol. The Labute approximate surface area is 127 Å². The number of carbonyl (C=O) groups excluding carboxylic acids is 1. The molecule has 2 N–H and O–H groups in total. The minimum atomic E-state index is -0.0226. The number of benzene rings is 2. The molecule has 1 amide bonds. The number of hydrogen-bond donors (Lipinski definition) is 1. The number of nitrogen functional groups attached to an aromatic ring is 1. The van der Waals surface area contributed by atoms with Crippen molar-refractivity contribution in [2.75, 3.05) is 12.8 Å². The lowest BCUT2D eigenvalue weighted by Crippen LogP contribution is -2.27. The molecule has 2 rings (SSSR count). The summed E-state index contributed by atoms with van der Waals surface area (Å²) in [6, 6.07) is 13.3. The molecule has 0 fully saturated rings. The summed E-state index contributed by atoms with van der Waals surface area (Å²) < 4.78 is 1.00. The van der Waals surface area contributed by atoms with Gasteiger partial charge in [0.1, 0.15) is 0 Å². The van der Waals surface area contributed by atoms with E-state index < -0.39 is 0 Å². The van der Waals surface area contributed by atoms with Crippen molar-refractivity contribution < 1.29 is 4.79 Å². The zero-order chi connectivity index (χ0) is 14.7. The maximum absolute atomic E-state index is 12.5. The number of aryl methyl sites for hydroxylation is 1. The van der Waals surface area contributed by atoms with Crippen LogP contribution >= 0.6 is 15.9 Å². The molecule has 0 aliphatic heterocycles. The summed E-state index contributed by atoms with van der Waals surface area (Å²) in [5, 5.41) is 0. The Morgan fingerprint density at radius 1 is 1.25 bits per heavy atom. The van der Waals surface area contributed by atoms with Gasteiger partial charge in [0.25, 0.3) is 5.91 Å². The number of carbonyl (C=O) groups is 1. The summed E-state index contributed by atoms with van der Waals surface area (Å²) >= 11 is 3.50. The Hall–Kier alpha value is -1.81. The van der Waals surface area contributed by atoms with Crippen molar-refractivity contribution in [3.05, 3.63) is 63.6 Å². The molecule has 0 atom stereocenters. The van der Waals surface area contributed by atoms with Crippen LogP contribution in [0.4, 0.5) is 5.69 Å². The summed E-state index contributed by atoms with van der Waals surface area (Å²) in [6.07, 6.45) is 0.